The third-order valence-electron chi connectivity index (χ3n) is 3.13. The lowest BCUT2D eigenvalue weighted by atomic mass is 10.1. The Labute approximate surface area is 147 Å². The van der Waals surface area contributed by atoms with Crippen LogP contribution in [0.3, 0.4) is 0 Å². The van der Waals surface area contributed by atoms with Crippen molar-refractivity contribution in [1.82, 2.24) is 10.6 Å². The molecule has 2 N–H and O–H groups in total. The lowest BCUT2D eigenvalue weighted by molar-refractivity contribution is -0.120. The number of carbonyl (C=O) groups excluding carboxylic acids is 2. The molecule has 23 heavy (non-hydrogen) atoms. The minimum atomic E-state index is -0.326. The van der Waals surface area contributed by atoms with E-state index in [9.17, 15) is 14.0 Å². The fraction of sp³-hybridized carbons (Fsp3) is 0.176. The third-order valence-corrected chi connectivity index (χ3v) is 4.07. The molecule has 2 aromatic carbocycles. The largest absolute Gasteiger partial charge is 0.354 e. The Kier molecular flexibility index (Phi) is 6.52. The Balaban J connectivity index is 1.71. The van der Waals surface area contributed by atoms with Gasteiger partial charge in [0.15, 0.2) is 0 Å². The van der Waals surface area contributed by atoms with Crippen LogP contribution in [-0.4, -0.2) is 24.9 Å². The molecule has 2 amide bonds. The molecule has 0 heterocycles. The Morgan fingerprint density at radius 3 is 2.30 bits per heavy atom. The fourth-order valence-electron chi connectivity index (χ4n) is 1.97. The highest BCUT2D eigenvalue weighted by molar-refractivity contribution is 14.1. The molecule has 0 aromatic heterocycles. The lowest BCUT2D eigenvalue weighted by Gasteiger charge is -2.08. The van der Waals surface area contributed by atoms with E-state index in [0.717, 1.165) is 9.13 Å². The van der Waals surface area contributed by atoms with Crippen molar-refractivity contribution in [1.29, 1.82) is 0 Å². The highest BCUT2D eigenvalue weighted by atomic mass is 127. The van der Waals surface area contributed by atoms with Crippen LogP contribution in [-0.2, 0) is 11.2 Å². The number of carbonyl (C=O) groups is 2. The van der Waals surface area contributed by atoms with Gasteiger partial charge in [-0.05, 0) is 52.4 Å². The zero-order valence-electron chi connectivity index (χ0n) is 12.3. The summed E-state index contributed by atoms with van der Waals surface area (Å²) in [6.45, 7) is 0.689. The Morgan fingerprint density at radius 2 is 1.61 bits per heavy atom. The zero-order chi connectivity index (χ0) is 16.7. The van der Waals surface area contributed by atoms with Crippen molar-refractivity contribution in [3.8, 4) is 0 Å². The van der Waals surface area contributed by atoms with Crippen LogP contribution in [0.25, 0.3) is 0 Å². The van der Waals surface area contributed by atoms with Crippen LogP contribution in [0.2, 0.25) is 0 Å². The molecule has 0 radical (unpaired) electrons. The molecule has 2 aromatic rings. The summed E-state index contributed by atoms with van der Waals surface area (Å²) in [7, 11) is 0. The summed E-state index contributed by atoms with van der Waals surface area (Å²) in [4.78, 5) is 23.7. The average molecular weight is 426 g/mol. The van der Waals surface area contributed by atoms with Crippen molar-refractivity contribution >= 4 is 34.4 Å². The van der Waals surface area contributed by atoms with Crippen LogP contribution >= 0.6 is 22.6 Å². The number of rotatable bonds is 6. The van der Waals surface area contributed by atoms with Crippen molar-refractivity contribution in [2.45, 2.75) is 6.42 Å². The van der Waals surface area contributed by atoms with Crippen LogP contribution in [0, 0.1) is 9.39 Å². The maximum absolute atomic E-state index is 12.8. The second-order valence-corrected chi connectivity index (χ2v) is 6.05. The van der Waals surface area contributed by atoms with Crippen molar-refractivity contribution in [2.75, 3.05) is 13.1 Å². The number of benzene rings is 2. The van der Waals surface area contributed by atoms with Gasteiger partial charge in [-0.25, -0.2) is 4.39 Å². The Bertz CT molecular complexity index is 689. The molecule has 0 aliphatic heterocycles. The van der Waals surface area contributed by atoms with Gasteiger partial charge in [0.1, 0.15) is 5.82 Å². The molecular formula is C17H16FIN2O2. The number of halogens is 2. The zero-order valence-corrected chi connectivity index (χ0v) is 14.5. The molecule has 0 aliphatic rings. The maximum atomic E-state index is 12.8. The molecule has 0 saturated heterocycles. The smallest absolute Gasteiger partial charge is 0.252 e. The first-order valence-corrected chi connectivity index (χ1v) is 8.18. The van der Waals surface area contributed by atoms with Crippen molar-refractivity contribution in [3.63, 3.8) is 0 Å². The van der Waals surface area contributed by atoms with Gasteiger partial charge in [0.2, 0.25) is 5.91 Å². The first-order valence-electron chi connectivity index (χ1n) is 7.10. The number of hydrogen-bond donors (Lipinski definition) is 2. The minimum absolute atomic E-state index is 0.164. The summed E-state index contributed by atoms with van der Waals surface area (Å²) in [6, 6.07) is 13.1. The van der Waals surface area contributed by atoms with E-state index in [1.807, 2.05) is 18.2 Å². The SMILES string of the molecule is O=C(Cc1ccc(F)cc1)NCCNC(=O)c1ccccc1I. The van der Waals surface area contributed by atoms with Gasteiger partial charge >= 0.3 is 0 Å². The van der Waals surface area contributed by atoms with Crippen molar-refractivity contribution in [3.05, 3.63) is 69.0 Å². The predicted molar refractivity (Wildman–Crippen MR) is 94.6 cm³/mol. The number of hydrogen-bond acceptors (Lipinski definition) is 2. The van der Waals surface area contributed by atoms with Gasteiger partial charge < -0.3 is 10.6 Å². The summed E-state index contributed by atoms with van der Waals surface area (Å²) in [5.74, 6) is -0.657. The molecule has 6 heteroatoms. The molecular weight excluding hydrogens is 410 g/mol. The van der Waals surface area contributed by atoms with Gasteiger partial charge in [-0.1, -0.05) is 24.3 Å². The fourth-order valence-corrected chi connectivity index (χ4v) is 2.60. The average Bonchev–Trinajstić information content (AvgIpc) is 2.54. The van der Waals surface area contributed by atoms with Gasteiger partial charge in [-0.15, -0.1) is 0 Å². The highest BCUT2D eigenvalue weighted by Gasteiger charge is 2.08. The van der Waals surface area contributed by atoms with E-state index in [4.69, 9.17) is 0 Å². The molecule has 0 aliphatic carbocycles. The first kappa shape index (κ1) is 17.4. The van der Waals surface area contributed by atoms with Crippen LogP contribution in [0.4, 0.5) is 4.39 Å². The Morgan fingerprint density at radius 1 is 0.957 bits per heavy atom. The molecule has 0 atom stereocenters. The second-order valence-electron chi connectivity index (χ2n) is 4.89. The number of amides is 2. The second kappa shape index (κ2) is 8.61. The van der Waals surface area contributed by atoms with Gasteiger partial charge in [-0.2, -0.15) is 0 Å². The summed E-state index contributed by atoms with van der Waals surface area (Å²) in [5, 5.41) is 5.48. The van der Waals surface area contributed by atoms with Crippen LogP contribution in [0.1, 0.15) is 15.9 Å². The summed E-state index contributed by atoms with van der Waals surface area (Å²) in [5.41, 5.74) is 1.36. The van der Waals surface area contributed by atoms with Crippen LogP contribution in [0.5, 0.6) is 0 Å². The molecule has 4 nitrogen and oxygen atoms in total. The van der Waals surface area contributed by atoms with E-state index < -0.39 is 0 Å². The predicted octanol–water partition coefficient (Wildman–Crippen LogP) is 2.52. The molecule has 0 fully saturated rings. The minimum Gasteiger partial charge on any atom is -0.354 e. The molecule has 120 valence electrons. The summed E-state index contributed by atoms with van der Waals surface area (Å²) in [6.07, 6.45) is 0.185. The van der Waals surface area contributed by atoms with E-state index in [2.05, 4.69) is 33.2 Å². The molecule has 0 saturated carbocycles. The standard InChI is InChI=1S/C17H16FIN2O2/c18-13-7-5-12(6-8-13)11-16(22)20-9-10-21-17(23)14-3-1-2-4-15(14)19/h1-8H,9-11H2,(H,20,22)(H,21,23). The Hall–Kier alpha value is -1.96. The monoisotopic (exact) mass is 426 g/mol. The van der Waals surface area contributed by atoms with E-state index in [1.165, 1.54) is 12.1 Å². The van der Waals surface area contributed by atoms with E-state index in [0.29, 0.717) is 18.7 Å². The van der Waals surface area contributed by atoms with Gasteiger partial charge in [0, 0.05) is 16.7 Å². The molecule has 0 unspecified atom stereocenters. The normalized spacial score (nSPS) is 10.2. The number of nitrogens with one attached hydrogen (secondary N) is 2. The third kappa shape index (κ3) is 5.63. The summed E-state index contributed by atoms with van der Waals surface area (Å²) < 4.78 is 13.7. The molecule has 2 rings (SSSR count). The van der Waals surface area contributed by atoms with E-state index in [1.54, 1.807) is 18.2 Å². The van der Waals surface area contributed by atoms with Crippen molar-refractivity contribution in [2.24, 2.45) is 0 Å². The molecule has 0 bridgehead atoms. The molecule has 0 spiro atoms. The van der Waals surface area contributed by atoms with Crippen LogP contribution < -0.4 is 10.6 Å². The van der Waals surface area contributed by atoms with Gasteiger partial charge in [0.05, 0.1) is 12.0 Å². The topological polar surface area (TPSA) is 58.2 Å². The van der Waals surface area contributed by atoms with Gasteiger partial charge in [0.25, 0.3) is 5.91 Å². The lowest BCUT2D eigenvalue weighted by Crippen LogP contribution is -2.35. The highest BCUT2D eigenvalue weighted by Crippen LogP contribution is 2.10. The van der Waals surface area contributed by atoms with Crippen LogP contribution in [0.15, 0.2) is 48.5 Å². The van der Waals surface area contributed by atoms with Crippen molar-refractivity contribution < 1.29 is 14.0 Å². The first-order chi connectivity index (χ1) is 11.1. The van der Waals surface area contributed by atoms with E-state index >= 15 is 0 Å². The summed E-state index contributed by atoms with van der Waals surface area (Å²) >= 11 is 2.10. The van der Waals surface area contributed by atoms with E-state index in [-0.39, 0.29) is 24.1 Å². The van der Waals surface area contributed by atoms with Gasteiger partial charge in [-0.3, -0.25) is 9.59 Å². The maximum Gasteiger partial charge on any atom is 0.252 e. The quantitative estimate of drug-likeness (QED) is 0.551.